The molecule has 1 heterocycles. The van der Waals surface area contributed by atoms with Crippen LogP contribution in [-0.4, -0.2) is 0 Å². The van der Waals surface area contributed by atoms with Crippen molar-refractivity contribution in [3.8, 4) is 0 Å². The van der Waals surface area contributed by atoms with Gasteiger partial charge in [0.25, 0.3) is 0 Å². The molecule has 1 aromatic heterocycles. The van der Waals surface area contributed by atoms with E-state index in [2.05, 4.69) is 13.8 Å². The summed E-state index contributed by atoms with van der Waals surface area (Å²) in [4.78, 5) is 12.6. The summed E-state index contributed by atoms with van der Waals surface area (Å²) in [7, 11) is 0. The van der Waals surface area contributed by atoms with Crippen molar-refractivity contribution < 1.29 is 8.81 Å². The Morgan fingerprint density at radius 2 is 1.53 bits per heavy atom. The second kappa shape index (κ2) is 13.2. The molecular formula is C29H43FO2. The van der Waals surface area contributed by atoms with E-state index in [1.807, 2.05) is 18.2 Å². The molecule has 3 rings (SSSR count). The van der Waals surface area contributed by atoms with Gasteiger partial charge in [-0.1, -0.05) is 103 Å². The van der Waals surface area contributed by atoms with Crippen LogP contribution >= 0.6 is 0 Å². The average Bonchev–Trinajstić information content (AvgIpc) is 2.80. The van der Waals surface area contributed by atoms with E-state index in [0.717, 1.165) is 31.6 Å². The molecule has 0 unspecified atom stereocenters. The molecule has 32 heavy (non-hydrogen) atoms. The molecule has 1 aliphatic rings. The zero-order valence-corrected chi connectivity index (χ0v) is 20.4. The van der Waals surface area contributed by atoms with E-state index in [9.17, 15) is 4.79 Å². The van der Waals surface area contributed by atoms with Gasteiger partial charge in [0.1, 0.15) is 17.0 Å². The lowest BCUT2D eigenvalue weighted by molar-refractivity contribution is 0.258. The van der Waals surface area contributed by atoms with Crippen molar-refractivity contribution in [1.82, 2.24) is 0 Å². The minimum Gasteiger partial charge on any atom is -0.427 e. The van der Waals surface area contributed by atoms with E-state index in [1.54, 1.807) is 0 Å². The molecule has 178 valence electrons. The van der Waals surface area contributed by atoms with E-state index in [1.165, 1.54) is 70.6 Å². The van der Waals surface area contributed by atoms with E-state index in [4.69, 9.17) is 4.42 Å². The Kier molecular flexibility index (Phi) is 10.3. The Hall–Kier alpha value is -1.64. The molecule has 0 atom stereocenters. The fourth-order valence-electron chi connectivity index (χ4n) is 5.37. The molecule has 1 aliphatic carbocycles. The van der Waals surface area contributed by atoms with Crippen molar-refractivity contribution in [3.63, 3.8) is 0 Å². The van der Waals surface area contributed by atoms with Gasteiger partial charge >= 0.3 is 5.63 Å². The summed E-state index contributed by atoms with van der Waals surface area (Å²) in [5, 5.41) is 0.817. The maximum Gasteiger partial charge on any atom is 0.346 e. The highest BCUT2D eigenvalue weighted by Crippen LogP contribution is 2.33. The van der Waals surface area contributed by atoms with Crippen LogP contribution in [0.5, 0.6) is 0 Å². The number of fused-ring (bicyclic) bond motifs is 1. The third kappa shape index (κ3) is 7.18. The fraction of sp³-hybridized carbons (Fsp3) is 0.690. The van der Waals surface area contributed by atoms with Crippen LogP contribution in [0, 0.1) is 17.7 Å². The van der Waals surface area contributed by atoms with Gasteiger partial charge in [0, 0.05) is 6.42 Å². The number of aryl methyl sites for hydroxylation is 2. The summed E-state index contributed by atoms with van der Waals surface area (Å²) in [5.74, 6) is 1.90. The predicted octanol–water partition coefficient (Wildman–Crippen LogP) is 8.76. The molecule has 1 fully saturated rings. The quantitative estimate of drug-likeness (QED) is 0.290. The average molecular weight is 443 g/mol. The molecule has 3 heteroatoms. The Morgan fingerprint density at radius 3 is 2.22 bits per heavy atom. The van der Waals surface area contributed by atoms with Gasteiger partial charge in [-0.3, -0.25) is 0 Å². The maximum atomic E-state index is 15.2. The van der Waals surface area contributed by atoms with Crippen LogP contribution in [0.2, 0.25) is 0 Å². The van der Waals surface area contributed by atoms with E-state index < -0.39 is 5.63 Å². The Balaban J connectivity index is 1.52. The van der Waals surface area contributed by atoms with Crippen LogP contribution in [0.4, 0.5) is 4.39 Å². The second-order valence-electron chi connectivity index (χ2n) is 10.1. The summed E-state index contributed by atoms with van der Waals surface area (Å²) >= 11 is 0. The molecule has 0 bridgehead atoms. The van der Waals surface area contributed by atoms with Gasteiger partial charge in [-0.25, -0.2) is 9.18 Å². The van der Waals surface area contributed by atoms with Gasteiger partial charge in [-0.15, -0.1) is 0 Å². The number of benzene rings is 1. The van der Waals surface area contributed by atoms with E-state index >= 15 is 4.39 Å². The lowest BCUT2D eigenvalue weighted by atomic mass is 9.78. The number of hydrogen-bond acceptors (Lipinski definition) is 2. The van der Waals surface area contributed by atoms with Crippen molar-refractivity contribution in [2.75, 3.05) is 0 Å². The molecular weight excluding hydrogens is 399 g/mol. The fourth-order valence-corrected chi connectivity index (χ4v) is 5.37. The molecule has 0 spiro atoms. The van der Waals surface area contributed by atoms with Gasteiger partial charge in [-0.05, 0) is 48.1 Å². The normalized spacial score (nSPS) is 19.0. The minimum atomic E-state index is -0.514. The van der Waals surface area contributed by atoms with Crippen molar-refractivity contribution in [1.29, 1.82) is 0 Å². The number of unbranched alkanes of at least 4 members (excludes halogenated alkanes) is 7. The largest absolute Gasteiger partial charge is 0.427 e. The standard InChI is InChI=1S/C29H43FO2/c1-3-5-6-7-8-9-10-11-12-26-21-25-20-19-24(28(30)27(25)29(31)32-26)18-17-23-15-13-22(4-2)14-16-23/h19-23H,3-18H2,1-2H3. The molecule has 2 aromatic rings. The molecule has 0 aliphatic heterocycles. The predicted molar refractivity (Wildman–Crippen MR) is 133 cm³/mol. The number of hydrogen-bond donors (Lipinski definition) is 0. The zero-order valence-electron chi connectivity index (χ0n) is 20.4. The zero-order chi connectivity index (χ0) is 22.8. The summed E-state index contributed by atoms with van der Waals surface area (Å²) < 4.78 is 20.7. The van der Waals surface area contributed by atoms with Gasteiger partial charge in [0.05, 0.1) is 0 Å². The third-order valence-electron chi connectivity index (χ3n) is 7.64. The molecule has 1 aromatic carbocycles. The van der Waals surface area contributed by atoms with E-state index in [0.29, 0.717) is 29.0 Å². The first-order valence-corrected chi connectivity index (χ1v) is 13.4. The number of halogens is 1. The highest BCUT2D eigenvalue weighted by Gasteiger charge is 2.21. The van der Waals surface area contributed by atoms with Gasteiger partial charge in [0.2, 0.25) is 0 Å². The smallest absolute Gasteiger partial charge is 0.346 e. The lowest BCUT2D eigenvalue weighted by Gasteiger charge is -2.27. The van der Waals surface area contributed by atoms with Gasteiger partial charge in [0.15, 0.2) is 0 Å². The molecule has 0 saturated heterocycles. The van der Waals surface area contributed by atoms with Crippen LogP contribution in [0.15, 0.2) is 27.4 Å². The second-order valence-corrected chi connectivity index (χ2v) is 10.1. The van der Waals surface area contributed by atoms with Crippen molar-refractivity contribution in [2.24, 2.45) is 11.8 Å². The summed E-state index contributed by atoms with van der Waals surface area (Å²) in [6.07, 6.45) is 18.9. The molecule has 2 nitrogen and oxygen atoms in total. The first-order chi connectivity index (χ1) is 15.6. The van der Waals surface area contributed by atoms with Crippen LogP contribution in [0.3, 0.4) is 0 Å². The highest BCUT2D eigenvalue weighted by molar-refractivity contribution is 5.82. The SMILES string of the molecule is CCCCCCCCCCc1cc2ccc(CCC3CCC(CC)CC3)c(F)c2c(=O)o1. The monoisotopic (exact) mass is 442 g/mol. The summed E-state index contributed by atoms with van der Waals surface area (Å²) in [6.45, 7) is 4.52. The minimum absolute atomic E-state index is 0.136. The van der Waals surface area contributed by atoms with Gasteiger partial charge < -0.3 is 4.42 Å². The highest BCUT2D eigenvalue weighted by atomic mass is 19.1. The lowest BCUT2D eigenvalue weighted by Crippen LogP contribution is -2.15. The number of rotatable bonds is 13. The Morgan fingerprint density at radius 1 is 0.875 bits per heavy atom. The van der Waals surface area contributed by atoms with Crippen LogP contribution in [-0.2, 0) is 12.8 Å². The first-order valence-electron chi connectivity index (χ1n) is 13.4. The summed E-state index contributed by atoms with van der Waals surface area (Å²) in [5.41, 5.74) is 0.151. The molecule has 0 amide bonds. The summed E-state index contributed by atoms with van der Waals surface area (Å²) in [6, 6.07) is 5.67. The maximum absolute atomic E-state index is 15.2. The van der Waals surface area contributed by atoms with Crippen molar-refractivity contribution in [3.05, 3.63) is 45.8 Å². The topological polar surface area (TPSA) is 30.2 Å². The van der Waals surface area contributed by atoms with Crippen LogP contribution in [0.25, 0.3) is 10.8 Å². The van der Waals surface area contributed by atoms with Gasteiger partial charge in [-0.2, -0.15) is 0 Å². The Labute approximate surface area is 194 Å². The van der Waals surface area contributed by atoms with Crippen LogP contribution < -0.4 is 5.63 Å². The van der Waals surface area contributed by atoms with Crippen molar-refractivity contribution >= 4 is 10.8 Å². The van der Waals surface area contributed by atoms with Crippen molar-refractivity contribution in [2.45, 2.75) is 117 Å². The first kappa shape index (κ1) is 25.0. The van der Waals surface area contributed by atoms with Crippen LogP contribution in [0.1, 0.15) is 115 Å². The third-order valence-corrected chi connectivity index (χ3v) is 7.64. The Bertz CT molecular complexity index is 877. The van der Waals surface area contributed by atoms with E-state index in [-0.39, 0.29) is 11.2 Å². The molecule has 0 N–H and O–H groups in total. The molecule has 1 saturated carbocycles. The molecule has 0 radical (unpaired) electrons.